The normalized spacial score (nSPS) is 15.4. The fraction of sp³-hybridized carbons (Fsp3) is 0.583. The predicted octanol–water partition coefficient (Wildman–Crippen LogP) is 2.31. The molecule has 0 spiro atoms. The predicted molar refractivity (Wildman–Crippen MR) is 62.0 cm³/mol. The van der Waals surface area contributed by atoms with Gasteiger partial charge in [0.1, 0.15) is 0 Å². The third-order valence-electron chi connectivity index (χ3n) is 2.56. The third-order valence-corrected chi connectivity index (χ3v) is 2.56. The Labute approximate surface area is 104 Å². The highest BCUT2D eigenvalue weighted by atomic mass is 19.4. The number of halogens is 3. The van der Waals surface area contributed by atoms with Gasteiger partial charge in [-0.3, -0.25) is 4.98 Å². The van der Waals surface area contributed by atoms with Gasteiger partial charge >= 0.3 is 6.18 Å². The maximum atomic E-state index is 12.7. The van der Waals surface area contributed by atoms with E-state index in [0.29, 0.717) is 12.1 Å². The van der Waals surface area contributed by atoms with Gasteiger partial charge in [0.05, 0.1) is 6.61 Å². The van der Waals surface area contributed by atoms with Crippen LogP contribution < -0.4 is 5.73 Å². The number of ether oxygens (including phenoxy) is 1. The van der Waals surface area contributed by atoms with Crippen LogP contribution in [0.15, 0.2) is 24.4 Å². The molecule has 0 aromatic carbocycles. The second-order valence-electron chi connectivity index (χ2n) is 3.98. The maximum absolute atomic E-state index is 12.7. The lowest BCUT2D eigenvalue weighted by Crippen LogP contribution is -2.46. The molecule has 2 N–H and O–H groups in total. The summed E-state index contributed by atoms with van der Waals surface area (Å²) in [6, 6.07) is 4.23. The Morgan fingerprint density at radius 3 is 2.61 bits per heavy atom. The van der Waals surface area contributed by atoms with Crippen LogP contribution in [0, 0.1) is 0 Å². The van der Waals surface area contributed by atoms with E-state index < -0.39 is 18.3 Å². The van der Waals surface area contributed by atoms with Crippen LogP contribution >= 0.6 is 0 Å². The SMILES string of the molecule is CCC(N)C(OCCc1ccccn1)C(F)(F)F. The van der Waals surface area contributed by atoms with Gasteiger partial charge in [-0.25, -0.2) is 0 Å². The first-order chi connectivity index (χ1) is 8.45. The summed E-state index contributed by atoms with van der Waals surface area (Å²) >= 11 is 0. The number of pyridine rings is 1. The van der Waals surface area contributed by atoms with E-state index in [0.717, 1.165) is 0 Å². The first-order valence-corrected chi connectivity index (χ1v) is 5.79. The molecule has 18 heavy (non-hydrogen) atoms. The number of rotatable bonds is 6. The zero-order valence-corrected chi connectivity index (χ0v) is 10.2. The van der Waals surface area contributed by atoms with Gasteiger partial charge in [-0.1, -0.05) is 13.0 Å². The van der Waals surface area contributed by atoms with Crippen LogP contribution in [0.5, 0.6) is 0 Å². The summed E-state index contributed by atoms with van der Waals surface area (Å²) in [7, 11) is 0. The highest BCUT2D eigenvalue weighted by Crippen LogP contribution is 2.25. The van der Waals surface area contributed by atoms with E-state index in [4.69, 9.17) is 10.5 Å². The van der Waals surface area contributed by atoms with E-state index in [1.165, 1.54) is 0 Å². The van der Waals surface area contributed by atoms with Gasteiger partial charge in [0, 0.05) is 24.4 Å². The molecule has 0 fully saturated rings. The summed E-state index contributed by atoms with van der Waals surface area (Å²) in [6.45, 7) is 1.56. The van der Waals surface area contributed by atoms with Crippen LogP contribution in [0.3, 0.4) is 0 Å². The standard InChI is InChI=1S/C12H17F3N2O/c1-2-10(16)11(12(13,14)15)18-8-6-9-5-3-4-7-17-9/h3-5,7,10-11H,2,6,8,16H2,1H3. The quantitative estimate of drug-likeness (QED) is 0.855. The molecule has 1 heterocycles. The number of alkyl halides is 3. The van der Waals surface area contributed by atoms with Crippen LogP contribution in [0.1, 0.15) is 19.0 Å². The Morgan fingerprint density at radius 1 is 1.39 bits per heavy atom. The lowest BCUT2D eigenvalue weighted by molar-refractivity contribution is -0.226. The average molecular weight is 262 g/mol. The summed E-state index contributed by atoms with van der Waals surface area (Å²) in [4.78, 5) is 4.01. The summed E-state index contributed by atoms with van der Waals surface area (Å²) in [5.74, 6) is 0. The van der Waals surface area contributed by atoms with Crippen LogP contribution in [0.25, 0.3) is 0 Å². The molecule has 0 aliphatic rings. The lowest BCUT2D eigenvalue weighted by atomic mass is 10.1. The van der Waals surface area contributed by atoms with Crippen molar-refractivity contribution >= 4 is 0 Å². The van der Waals surface area contributed by atoms with Crippen LogP contribution in [-0.2, 0) is 11.2 Å². The van der Waals surface area contributed by atoms with E-state index in [1.807, 2.05) is 0 Å². The van der Waals surface area contributed by atoms with Gasteiger partial charge in [0.15, 0.2) is 6.10 Å². The average Bonchev–Trinajstić information content (AvgIpc) is 2.33. The topological polar surface area (TPSA) is 48.1 Å². The monoisotopic (exact) mass is 262 g/mol. The molecule has 0 aliphatic heterocycles. The number of hydrogen-bond acceptors (Lipinski definition) is 3. The molecular weight excluding hydrogens is 245 g/mol. The first-order valence-electron chi connectivity index (χ1n) is 5.79. The molecule has 6 heteroatoms. The molecule has 2 unspecified atom stereocenters. The van der Waals surface area contributed by atoms with Crippen molar-refractivity contribution in [2.75, 3.05) is 6.61 Å². The maximum Gasteiger partial charge on any atom is 0.416 e. The van der Waals surface area contributed by atoms with E-state index in [9.17, 15) is 13.2 Å². The van der Waals surface area contributed by atoms with Gasteiger partial charge in [-0.2, -0.15) is 13.2 Å². The zero-order valence-electron chi connectivity index (χ0n) is 10.2. The van der Waals surface area contributed by atoms with Crippen molar-refractivity contribution in [2.24, 2.45) is 5.73 Å². The highest BCUT2D eigenvalue weighted by Gasteiger charge is 2.43. The Morgan fingerprint density at radius 2 is 2.11 bits per heavy atom. The minimum atomic E-state index is -4.43. The van der Waals surface area contributed by atoms with Crippen molar-refractivity contribution in [1.82, 2.24) is 4.98 Å². The summed E-state index contributed by atoms with van der Waals surface area (Å²) in [5.41, 5.74) is 6.12. The molecule has 1 aromatic heterocycles. The molecule has 0 bridgehead atoms. The second kappa shape index (κ2) is 6.70. The van der Waals surface area contributed by atoms with Crippen molar-refractivity contribution in [3.8, 4) is 0 Å². The minimum Gasteiger partial charge on any atom is -0.367 e. The number of hydrogen-bond donors (Lipinski definition) is 1. The van der Waals surface area contributed by atoms with Crippen molar-refractivity contribution < 1.29 is 17.9 Å². The van der Waals surface area contributed by atoms with E-state index in [-0.39, 0.29) is 13.0 Å². The summed E-state index contributed by atoms with van der Waals surface area (Å²) in [6.07, 6.45) is -4.20. The van der Waals surface area contributed by atoms with Gasteiger partial charge < -0.3 is 10.5 Å². The molecule has 0 amide bonds. The number of aromatic nitrogens is 1. The third kappa shape index (κ3) is 4.62. The summed E-state index contributed by atoms with van der Waals surface area (Å²) < 4.78 is 42.9. The molecular formula is C12H17F3N2O. The molecule has 1 rings (SSSR count). The van der Waals surface area contributed by atoms with Gasteiger partial charge in [0.25, 0.3) is 0 Å². The van der Waals surface area contributed by atoms with Crippen LogP contribution in [-0.4, -0.2) is 29.9 Å². The molecule has 1 aromatic rings. The smallest absolute Gasteiger partial charge is 0.367 e. The fourth-order valence-electron chi connectivity index (χ4n) is 1.51. The fourth-order valence-corrected chi connectivity index (χ4v) is 1.51. The van der Waals surface area contributed by atoms with Crippen molar-refractivity contribution in [1.29, 1.82) is 0 Å². The summed E-state index contributed by atoms with van der Waals surface area (Å²) in [5, 5.41) is 0. The Balaban J connectivity index is 2.48. The molecule has 0 saturated heterocycles. The van der Waals surface area contributed by atoms with Gasteiger partial charge in [-0.15, -0.1) is 0 Å². The highest BCUT2D eigenvalue weighted by molar-refractivity contribution is 5.03. The van der Waals surface area contributed by atoms with E-state index >= 15 is 0 Å². The van der Waals surface area contributed by atoms with E-state index in [2.05, 4.69) is 4.98 Å². The van der Waals surface area contributed by atoms with Gasteiger partial charge in [-0.05, 0) is 18.6 Å². The first kappa shape index (κ1) is 14.9. The van der Waals surface area contributed by atoms with Crippen LogP contribution in [0.4, 0.5) is 13.2 Å². The molecule has 3 nitrogen and oxygen atoms in total. The molecule has 102 valence electrons. The van der Waals surface area contributed by atoms with Crippen molar-refractivity contribution in [3.05, 3.63) is 30.1 Å². The Hall–Kier alpha value is -1.14. The lowest BCUT2D eigenvalue weighted by Gasteiger charge is -2.25. The molecule has 0 aliphatic carbocycles. The minimum absolute atomic E-state index is 0.0467. The Bertz CT molecular complexity index is 343. The molecule has 0 radical (unpaired) electrons. The number of nitrogens with two attached hydrogens (primary N) is 1. The van der Waals surface area contributed by atoms with Crippen molar-refractivity contribution in [2.45, 2.75) is 38.1 Å². The van der Waals surface area contributed by atoms with Gasteiger partial charge in [0.2, 0.25) is 0 Å². The van der Waals surface area contributed by atoms with E-state index in [1.54, 1.807) is 31.3 Å². The second-order valence-corrected chi connectivity index (χ2v) is 3.98. The van der Waals surface area contributed by atoms with Crippen molar-refractivity contribution in [3.63, 3.8) is 0 Å². The number of nitrogens with zero attached hydrogens (tertiary/aromatic N) is 1. The Kier molecular flexibility index (Phi) is 5.55. The largest absolute Gasteiger partial charge is 0.416 e. The zero-order chi connectivity index (χ0) is 13.6. The molecule has 2 atom stereocenters. The molecule has 0 saturated carbocycles. The van der Waals surface area contributed by atoms with Crippen LogP contribution in [0.2, 0.25) is 0 Å².